The molecule has 0 radical (unpaired) electrons. The molecule has 2 aliphatic rings. The van der Waals surface area contributed by atoms with E-state index in [9.17, 15) is 19.8 Å². The number of thiazole rings is 1. The van der Waals surface area contributed by atoms with Crippen LogP contribution in [0.5, 0.6) is 5.75 Å². The van der Waals surface area contributed by atoms with Crippen molar-refractivity contribution in [3.63, 3.8) is 0 Å². The number of β-amino-alcohol motifs (C(OH)–C–C–N with tert-alkyl or cyclic N) is 1. The van der Waals surface area contributed by atoms with E-state index in [0.29, 0.717) is 24.4 Å². The molecule has 0 spiro atoms. The molecule has 2 aliphatic heterocycles. The number of aromatic nitrogens is 1. The van der Waals surface area contributed by atoms with Gasteiger partial charge in [-0.25, -0.2) is 4.98 Å². The Hall–Kier alpha value is -3.31. The van der Waals surface area contributed by atoms with Gasteiger partial charge in [0, 0.05) is 25.2 Å². The van der Waals surface area contributed by atoms with Crippen LogP contribution in [0.15, 0.2) is 48.0 Å². The minimum absolute atomic E-state index is 0.0997. The summed E-state index contributed by atoms with van der Waals surface area (Å²) in [5, 5.41) is 25.1. The van der Waals surface area contributed by atoms with Gasteiger partial charge in [-0.2, -0.15) is 0 Å². The predicted octanol–water partition coefficient (Wildman–Crippen LogP) is 3.18. The van der Waals surface area contributed by atoms with Crippen LogP contribution >= 0.6 is 11.3 Å². The van der Waals surface area contributed by atoms with Gasteiger partial charge in [0.25, 0.3) is 5.91 Å². The largest absolute Gasteiger partial charge is 0.497 e. The molecule has 1 fully saturated rings. The number of benzene rings is 2. The van der Waals surface area contributed by atoms with Gasteiger partial charge in [-0.05, 0) is 54.2 Å². The number of aliphatic hydroxyl groups is 2. The van der Waals surface area contributed by atoms with Crippen LogP contribution in [0.4, 0.5) is 0 Å². The number of ether oxygens (including phenoxy) is 1. The molecule has 4 atom stereocenters. The molecule has 0 bridgehead atoms. The number of methoxy groups -OCH3 is 1. The molecule has 0 saturated carbocycles. The summed E-state index contributed by atoms with van der Waals surface area (Å²) < 4.78 is 5.32. The Morgan fingerprint density at radius 2 is 1.98 bits per heavy atom. The molecule has 1 aromatic heterocycles. The zero-order valence-electron chi connectivity index (χ0n) is 23.2. The highest BCUT2D eigenvalue weighted by molar-refractivity contribution is 7.13. The normalized spacial score (nSPS) is 20.6. The van der Waals surface area contributed by atoms with Crippen LogP contribution in [0.3, 0.4) is 0 Å². The van der Waals surface area contributed by atoms with Gasteiger partial charge < -0.3 is 25.2 Å². The van der Waals surface area contributed by atoms with E-state index in [0.717, 1.165) is 27.3 Å². The molecule has 2 unspecified atom stereocenters. The van der Waals surface area contributed by atoms with Crippen molar-refractivity contribution in [1.82, 2.24) is 20.1 Å². The number of carbonyl (C=O) groups excluding carboxylic acids is 2. The number of nitrogens with zero attached hydrogens (tertiary/aromatic N) is 3. The van der Waals surface area contributed by atoms with Gasteiger partial charge in [-0.15, -0.1) is 11.3 Å². The van der Waals surface area contributed by atoms with Crippen LogP contribution in [-0.2, 0) is 17.9 Å². The van der Waals surface area contributed by atoms with Crippen LogP contribution in [0, 0.1) is 12.8 Å². The summed E-state index contributed by atoms with van der Waals surface area (Å²) in [5.41, 5.74) is 6.28. The molecule has 3 heterocycles. The maximum atomic E-state index is 13.3. The van der Waals surface area contributed by atoms with Gasteiger partial charge in [-0.3, -0.25) is 14.5 Å². The first-order valence-electron chi connectivity index (χ1n) is 13.5. The molecule has 3 aromatic rings. The van der Waals surface area contributed by atoms with Crippen molar-refractivity contribution in [3.05, 3.63) is 70.4 Å². The summed E-state index contributed by atoms with van der Waals surface area (Å²) in [7, 11) is 1.58. The Morgan fingerprint density at radius 1 is 1.23 bits per heavy atom. The van der Waals surface area contributed by atoms with Crippen molar-refractivity contribution >= 4 is 23.2 Å². The Bertz CT molecular complexity index is 1370. The average molecular weight is 565 g/mol. The van der Waals surface area contributed by atoms with Crippen molar-refractivity contribution in [2.24, 2.45) is 5.92 Å². The molecule has 1 saturated heterocycles. The lowest BCUT2D eigenvalue weighted by atomic mass is 9.99. The highest BCUT2D eigenvalue weighted by Gasteiger charge is 2.46. The molecule has 212 valence electrons. The molecular formula is C30H36N4O5S. The van der Waals surface area contributed by atoms with E-state index in [2.05, 4.69) is 10.3 Å². The van der Waals surface area contributed by atoms with Gasteiger partial charge in [-0.1, -0.05) is 38.1 Å². The van der Waals surface area contributed by atoms with Crippen LogP contribution in [0.2, 0.25) is 0 Å². The lowest BCUT2D eigenvalue weighted by molar-refractivity contribution is -0.133. The minimum Gasteiger partial charge on any atom is -0.497 e. The highest BCUT2D eigenvalue weighted by atomic mass is 32.1. The summed E-state index contributed by atoms with van der Waals surface area (Å²) >= 11 is 1.59. The molecule has 3 N–H and O–H groups in total. The maximum absolute atomic E-state index is 13.3. The van der Waals surface area contributed by atoms with Crippen molar-refractivity contribution in [1.29, 1.82) is 0 Å². The first-order chi connectivity index (χ1) is 19.2. The molecule has 2 amide bonds. The van der Waals surface area contributed by atoms with E-state index in [1.807, 2.05) is 56.6 Å². The van der Waals surface area contributed by atoms with Crippen LogP contribution in [0.25, 0.3) is 10.4 Å². The number of rotatable bonds is 9. The molecule has 9 nitrogen and oxygen atoms in total. The SMILES string of the molecule is COc1ccc2c(c1)CN(C(C(C)C)C(O)N1C[C@H](O)C[C@H]1C(=O)NCc1ccc(-c3scnc3C)cc1)C2=O. The third kappa shape index (κ3) is 5.49. The summed E-state index contributed by atoms with van der Waals surface area (Å²) in [6, 6.07) is 12.1. The van der Waals surface area contributed by atoms with Crippen LogP contribution < -0.4 is 10.1 Å². The Morgan fingerprint density at radius 3 is 2.62 bits per heavy atom. The van der Waals surface area contributed by atoms with Gasteiger partial charge in [0.2, 0.25) is 5.91 Å². The lowest BCUT2D eigenvalue weighted by Crippen LogP contribution is -2.58. The number of aryl methyl sites for hydroxylation is 1. The highest BCUT2D eigenvalue weighted by Crippen LogP contribution is 2.33. The van der Waals surface area contributed by atoms with Crippen LogP contribution in [0.1, 0.15) is 47.4 Å². The second kappa shape index (κ2) is 11.7. The second-order valence-corrected chi connectivity index (χ2v) is 11.7. The van der Waals surface area contributed by atoms with Crippen LogP contribution in [-0.4, -0.2) is 74.9 Å². The van der Waals surface area contributed by atoms with Gasteiger partial charge in [0.1, 0.15) is 12.0 Å². The number of hydrogen-bond donors (Lipinski definition) is 3. The monoisotopic (exact) mass is 564 g/mol. The zero-order chi connectivity index (χ0) is 28.6. The Labute approximate surface area is 238 Å². The number of fused-ring (bicyclic) bond motifs is 1. The smallest absolute Gasteiger partial charge is 0.254 e. The fourth-order valence-corrected chi connectivity index (χ4v) is 6.61. The van der Waals surface area contributed by atoms with Crippen molar-refractivity contribution in [2.45, 2.75) is 64.7 Å². The van der Waals surface area contributed by atoms with Crippen molar-refractivity contribution in [2.75, 3.05) is 13.7 Å². The topological polar surface area (TPSA) is 115 Å². The van der Waals surface area contributed by atoms with E-state index < -0.39 is 24.4 Å². The number of carbonyl (C=O) groups is 2. The van der Waals surface area contributed by atoms with Crippen molar-refractivity contribution in [3.8, 4) is 16.2 Å². The summed E-state index contributed by atoms with van der Waals surface area (Å²) in [5.74, 6) is 0.148. The molecule has 2 aromatic carbocycles. The van der Waals surface area contributed by atoms with Gasteiger partial charge in [0.05, 0.1) is 41.4 Å². The maximum Gasteiger partial charge on any atom is 0.254 e. The molecular weight excluding hydrogens is 528 g/mol. The summed E-state index contributed by atoms with van der Waals surface area (Å²) in [4.78, 5) is 35.4. The third-order valence-electron chi connectivity index (χ3n) is 7.88. The fraction of sp³-hybridized carbons (Fsp3) is 0.433. The third-order valence-corrected chi connectivity index (χ3v) is 8.86. The first-order valence-corrected chi connectivity index (χ1v) is 14.4. The van der Waals surface area contributed by atoms with Gasteiger partial charge in [0.15, 0.2) is 0 Å². The Kier molecular flexibility index (Phi) is 8.23. The quantitative estimate of drug-likeness (QED) is 0.366. The zero-order valence-corrected chi connectivity index (χ0v) is 24.0. The molecule has 10 heteroatoms. The van der Waals surface area contributed by atoms with E-state index in [4.69, 9.17) is 4.74 Å². The number of aliphatic hydroxyl groups excluding tert-OH is 2. The molecule has 0 aliphatic carbocycles. The van der Waals surface area contributed by atoms with E-state index in [-0.39, 0.29) is 30.7 Å². The first kappa shape index (κ1) is 28.2. The predicted molar refractivity (Wildman–Crippen MR) is 153 cm³/mol. The second-order valence-electron chi connectivity index (χ2n) is 10.9. The number of likely N-dealkylation sites (tertiary alicyclic amines) is 1. The molecule has 5 rings (SSSR count). The van der Waals surface area contributed by atoms with E-state index in [1.54, 1.807) is 40.4 Å². The van der Waals surface area contributed by atoms with Crippen molar-refractivity contribution < 1.29 is 24.5 Å². The number of nitrogens with one attached hydrogen (secondary N) is 1. The number of amides is 2. The molecule has 40 heavy (non-hydrogen) atoms. The Balaban J connectivity index is 1.27. The standard InChI is InChI=1S/C30H36N4O5S/c1-17(2)26(34-14-21-11-23(39-4)9-10-24(21)29(34)37)30(38)33-15-22(35)12-25(33)28(36)31-13-19-5-7-20(8-6-19)27-18(3)32-16-40-27/h5-11,16-17,22,25-26,30,35,38H,12-15H2,1-4H3,(H,31,36)/t22-,25+,26?,30?/m1/s1. The van der Waals surface area contributed by atoms with E-state index >= 15 is 0 Å². The minimum atomic E-state index is -1.13. The number of hydrogen-bond acceptors (Lipinski definition) is 8. The van der Waals surface area contributed by atoms with E-state index in [1.165, 1.54) is 0 Å². The fourth-order valence-electron chi connectivity index (χ4n) is 5.80. The summed E-state index contributed by atoms with van der Waals surface area (Å²) in [6.45, 7) is 6.69. The lowest BCUT2D eigenvalue weighted by Gasteiger charge is -2.40. The van der Waals surface area contributed by atoms with Gasteiger partial charge >= 0.3 is 0 Å². The summed E-state index contributed by atoms with van der Waals surface area (Å²) in [6.07, 6.45) is -1.67. The average Bonchev–Trinajstić information content (AvgIpc) is 3.64.